The SMILES string of the molecule is NC1(C2(O)CNC2)CCC(C(F)(F)F)CC1. The lowest BCUT2D eigenvalue weighted by Gasteiger charge is -2.53. The Balaban J connectivity index is 1.99. The maximum absolute atomic E-state index is 12.5. The fourth-order valence-corrected chi connectivity index (χ4v) is 2.64. The fraction of sp³-hybridized carbons (Fsp3) is 1.00. The number of aliphatic hydroxyl groups is 1. The number of β-amino-alcohol motifs (C(OH)–C–C–N with tert-alkyl or cyclic N) is 1. The van der Waals surface area contributed by atoms with Crippen LogP contribution in [0.25, 0.3) is 0 Å². The van der Waals surface area contributed by atoms with Gasteiger partial charge in [0.15, 0.2) is 0 Å². The van der Waals surface area contributed by atoms with Crippen molar-refractivity contribution in [3.8, 4) is 0 Å². The van der Waals surface area contributed by atoms with E-state index in [0.717, 1.165) is 0 Å². The Morgan fingerprint density at radius 2 is 1.69 bits per heavy atom. The molecule has 1 saturated carbocycles. The van der Waals surface area contributed by atoms with Gasteiger partial charge >= 0.3 is 6.18 Å². The third kappa shape index (κ3) is 1.83. The van der Waals surface area contributed by atoms with Crippen molar-refractivity contribution in [2.45, 2.75) is 43.0 Å². The summed E-state index contributed by atoms with van der Waals surface area (Å²) in [6.45, 7) is 0.778. The van der Waals surface area contributed by atoms with Crippen LogP contribution in [0.15, 0.2) is 0 Å². The van der Waals surface area contributed by atoms with Gasteiger partial charge in [0.2, 0.25) is 0 Å². The summed E-state index contributed by atoms with van der Waals surface area (Å²) in [5.74, 6) is -1.25. The molecule has 0 atom stereocenters. The molecule has 16 heavy (non-hydrogen) atoms. The second kappa shape index (κ2) is 3.58. The summed E-state index contributed by atoms with van der Waals surface area (Å²) in [5.41, 5.74) is 4.19. The quantitative estimate of drug-likeness (QED) is 0.632. The molecule has 0 unspecified atom stereocenters. The molecule has 0 aromatic heterocycles. The highest BCUT2D eigenvalue weighted by atomic mass is 19.4. The minimum Gasteiger partial charge on any atom is -0.385 e. The summed E-state index contributed by atoms with van der Waals surface area (Å²) >= 11 is 0. The third-order valence-corrected chi connectivity index (χ3v) is 4.10. The zero-order valence-corrected chi connectivity index (χ0v) is 8.98. The van der Waals surface area contributed by atoms with Gasteiger partial charge in [-0.15, -0.1) is 0 Å². The van der Waals surface area contributed by atoms with E-state index in [9.17, 15) is 18.3 Å². The van der Waals surface area contributed by atoms with Crippen molar-refractivity contribution in [3.05, 3.63) is 0 Å². The lowest BCUT2D eigenvalue weighted by atomic mass is 9.65. The average Bonchev–Trinajstić information content (AvgIpc) is 2.13. The second-order valence-electron chi connectivity index (χ2n) is 5.11. The Morgan fingerprint density at radius 3 is 2.00 bits per heavy atom. The van der Waals surface area contributed by atoms with E-state index in [1.165, 1.54) is 0 Å². The van der Waals surface area contributed by atoms with E-state index in [0.29, 0.717) is 13.1 Å². The molecular formula is C10H17F3N2O. The first-order chi connectivity index (χ1) is 7.27. The van der Waals surface area contributed by atoms with Crippen molar-refractivity contribution in [1.82, 2.24) is 5.32 Å². The summed E-state index contributed by atoms with van der Waals surface area (Å²) in [7, 11) is 0. The summed E-state index contributed by atoms with van der Waals surface area (Å²) in [6, 6.07) is 0. The summed E-state index contributed by atoms with van der Waals surface area (Å²) in [5, 5.41) is 13.0. The molecule has 3 nitrogen and oxygen atoms in total. The largest absolute Gasteiger partial charge is 0.391 e. The van der Waals surface area contributed by atoms with Gasteiger partial charge in [-0.3, -0.25) is 0 Å². The van der Waals surface area contributed by atoms with Crippen molar-refractivity contribution >= 4 is 0 Å². The van der Waals surface area contributed by atoms with Gasteiger partial charge < -0.3 is 16.2 Å². The number of nitrogens with one attached hydrogen (secondary N) is 1. The number of hydrogen-bond acceptors (Lipinski definition) is 3. The molecule has 2 fully saturated rings. The molecule has 0 radical (unpaired) electrons. The number of hydrogen-bond donors (Lipinski definition) is 3. The van der Waals surface area contributed by atoms with Crippen LogP contribution in [-0.4, -0.2) is 35.5 Å². The molecule has 2 aliphatic rings. The van der Waals surface area contributed by atoms with Gasteiger partial charge in [0.1, 0.15) is 5.60 Å². The van der Waals surface area contributed by atoms with E-state index in [-0.39, 0.29) is 25.7 Å². The van der Waals surface area contributed by atoms with Gasteiger partial charge in [-0.1, -0.05) is 0 Å². The van der Waals surface area contributed by atoms with Crippen LogP contribution >= 0.6 is 0 Å². The van der Waals surface area contributed by atoms with Gasteiger partial charge in [-0.05, 0) is 25.7 Å². The maximum atomic E-state index is 12.5. The monoisotopic (exact) mass is 238 g/mol. The van der Waals surface area contributed by atoms with Crippen LogP contribution in [0.2, 0.25) is 0 Å². The fourth-order valence-electron chi connectivity index (χ4n) is 2.64. The lowest BCUT2D eigenvalue weighted by molar-refractivity contribution is -0.192. The predicted octanol–water partition coefficient (Wildman–Crippen LogP) is 0.771. The van der Waals surface area contributed by atoms with E-state index < -0.39 is 23.2 Å². The van der Waals surface area contributed by atoms with E-state index in [1.54, 1.807) is 0 Å². The van der Waals surface area contributed by atoms with Crippen molar-refractivity contribution in [2.24, 2.45) is 11.7 Å². The Labute approximate surface area is 92.2 Å². The van der Waals surface area contributed by atoms with Crippen LogP contribution < -0.4 is 11.1 Å². The standard InChI is InChI=1S/C10H17F3N2O/c11-10(12,13)7-1-3-8(14,4-2-7)9(16)5-15-6-9/h7,15-16H,1-6,14H2. The minimum absolute atomic E-state index is 0.0301. The summed E-state index contributed by atoms with van der Waals surface area (Å²) in [4.78, 5) is 0. The highest BCUT2D eigenvalue weighted by Gasteiger charge is 2.55. The molecule has 94 valence electrons. The summed E-state index contributed by atoms with van der Waals surface area (Å²) < 4.78 is 37.4. The predicted molar refractivity (Wildman–Crippen MR) is 52.8 cm³/mol. The first kappa shape index (κ1) is 12.1. The Morgan fingerprint density at radius 1 is 1.19 bits per heavy atom. The van der Waals surface area contributed by atoms with Crippen molar-refractivity contribution in [3.63, 3.8) is 0 Å². The Kier molecular flexibility index (Phi) is 2.72. The van der Waals surface area contributed by atoms with Crippen LogP contribution in [0.5, 0.6) is 0 Å². The Bertz CT molecular complexity index is 268. The van der Waals surface area contributed by atoms with Crippen LogP contribution in [-0.2, 0) is 0 Å². The molecule has 0 spiro atoms. The Hall–Kier alpha value is -0.330. The first-order valence-electron chi connectivity index (χ1n) is 5.56. The lowest BCUT2D eigenvalue weighted by Crippen LogP contribution is -2.76. The topological polar surface area (TPSA) is 58.3 Å². The van der Waals surface area contributed by atoms with Crippen molar-refractivity contribution < 1.29 is 18.3 Å². The highest BCUT2D eigenvalue weighted by Crippen LogP contribution is 2.44. The van der Waals surface area contributed by atoms with Gasteiger partial charge in [0.25, 0.3) is 0 Å². The van der Waals surface area contributed by atoms with Gasteiger partial charge in [0, 0.05) is 18.6 Å². The van der Waals surface area contributed by atoms with E-state index in [4.69, 9.17) is 5.73 Å². The molecule has 4 N–H and O–H groups in total. The average molecular weight is 238 g/mol. The van der Waals surface area contributed by atoms with Crippen molar-refractivity contribution in [2.75, 3.05) is 13.1 Å². The van der Waals surface area contributed by atoms with Crippen LogP contribution in [0.4, 0.5) is 13.2 Å². The molecule has 1 heterocycles. The molecule has 2 rings (SSSR count). The number of nitrogens with two attached hydrogens (primary N) is 1. The molecule has 1 aliphatic carbocycles. The molecule has 6 heteroatoms. The number of rotatable bonds is 1. The molecule has 0 amide bonds. The third-order valence-electron chi connectivity index (χ3n) is 4.10. The summed E-state index contributed by atoms with van der Waals surface area (Å²) in [6.07, 6.45) is -3.57. The van der Waals surface area contributed by atoms with Gasteiger partial charge in [0.05, 0.1) is 5.92 Å². The normalized spacial score (nSPS) is 39.2. The number of alkyl halides is 3. The first-order valence-corrected chi connectivity index (χ1v) is 5.56. The molecular weight excluding hydrogens is 221 g/mol. The van der Waals surface area contributed by atoms with Gasteiger partial charge in [-0.2, -0.15) is 13.2 Å². The molecule has 0 aromatic carbocycles. The highest BCUT2D eigenvalue weighted by molar-refractivity contribution is 5.12. The maximum Gasteiger partial charge on any atom is 0.391 e. The second-order valence-corrected chi connectivity index (χ2v) is 5.11. The van der Waals surface area contributed by atoms with Gasteiger partial charge in [-0.25, -0.2) is 0 Å². The van der Waals surface area contributed by atoms with Crippen LogP contribution in [0.1, 0.15) is 25.7 Å². The van der Waals surface area contributed by atoms with E-state index in [2.05, 4.69) is 5.32 Å². The van der Waals surface area contributed by atoms with Crippen LogP contribution in [0, 0.1) is 5.92 Å². The van der Waals surface area contributed by atoms with E-state index in [1.807, 2.05) is 0 Å². The smallest absolute Gasteiger partial charge is 0.385 e. The van der Waals surface area contributed by atoms with Crippen LogP contribution in [0.3, 0.4) is 0 Å². The number of halogens is 3. The van der Waals surface area contributed by atoms with Crippen molar-refractivity contribution in [1.29, 1.82) is 0 Å². The minimum atomic E-state index is -4.12. The molecule has 0 bridgehead atoms. The zero-order chi connectivity index (χ0) is 12.0. The zero-order valence-electron chi connectivity index (χ0n) is 8.98. The molecule has 0 aromatic rings. The van der Waals surface area contributed by atoms with E-state index >= 15 is 0 Å². The molecule has 1 aliphatic heterocycles. The molecule has 1 saturated heterocycles.